The number of hydrogen-bond donors (Lipinski definition) is 2. The molecular weight excluding hydrogens is 248 g/mol. The van der Waals surface area contributed by atoms with Gasteiger partial charge in [-0.25, -0.2) is 0 Å². The lowest BCUT2D eigenvalue weighted by atomic mass is 10.1. The van der Waals surface area contributed by atoms with Crippen molar-refractivity contribution in [1.82, 2.24) is 5.32 Å². The van der Waals surface area contributed by atoms with Crippen molar-refractivity contribution in [3.05, 3.63) is 77.9 Å². The molecule has 0 aliphatic carbocycles. The van der Waals surface area contributed by atoms with Crippen molar-refractivity contribution in [2.24, 2.45) is 5.73 Å². The highest BCUT2D eigenvalue weighted by Gasteiger charge is 2.15. The third kappa shape index (κ3) is 4.07. The Labute approximate surface area is 119 Å². The number of nitrogens with two attached hydrogens (primary N) is 1. The molecule has 2 aromatic carbocycles. The zero-order chi connectivity index (χ0) is 14.2. The molecule has 2 aromatic rings. The van der Waals surface area contributed by atoms with Gasteiger partial charge in [0, 0.05) is 6.54 Å². The second kappa shape index (κ2) is 7.26. The van der Waals surface area contributed by atoms with Gasteiger partial charge in [0.05, 0.1) is 0 Å². The van der Waals surface area contributed by atoms with Gasteiger partial charge in [0.25, 0.3) is 0 Å². The summed E-state index contributed by atoms with van der Waals surface area (Å²) >= 11 is 0. The number of carbonyl (C=O) groups excluding carboxylic acids is 1. The van der Waals surface area contributed by atoms with E-state index in [1.807, 2.05) is 72.8 Å². The summed E-state index contributed by atoms with van der Waals surface area (Å²) in [5.41, 5.74) is 7.45. The van der Waals surface area contributed by atoms with Crippen LogP contribution in [-0.4, -0.2) is 12.5 Å². The highest BCUT2D eigenvalue weighted by Crippen LogP contribution is 2.11. The summed E-state index contributed by atoms with van der Waals surface area (Å²) < 4.78 is 0. The standard InChI is InChI=1S/C17H18N2O/c18-17(20)16(15-11-5-2-6-12-15)19-13-7-10-14-8-3-1-4-9-14/h1-12,16,19H,13H2,(H2,18,20). The fraction of sp³-hybridized carbons (Fsp3) is 0.118. The Hall–Kier alpha value is -2.39. The second-order valence-electron chi connectivity index (χ2n) is 4.47. The van der Waals surface area contributed by atoms with Gasteiger partial charge in [-0.15, -0.1) is 0 Å². The Bertz CT molecular complexity index is 564. The van der Waals surface area contributed by atoms with Crippen LogP contribution in [0.5, 0.6) is 0 Å². The average molecular weight is 266 g/mol. The molecule has 3 heteroatoms. The van der Waals surface area contributed by atoms with Crippen molar-refractivity contribution in [2.45, 2.75) is 6.04 Å². The summed E-state index contributed by atoms with van der Waals surface area (Å²) in [6, 6.07) is 19.0. The first-order valence-corrected chi connectivity index (χ1v) is 6.56. The Morgan fingerprint density at radius 1 is 1.05 bits per heavy atom. The van der Waals surface area contributed by atoms with E-state index in [4.69, 9.17) is 5.73 Å². The maximum atomic E-state index is 11.5. The molecule has 0 saturated heterocycles. The first-order valence-electron chi connectivity index (χ1n) is 6.56. The van der Waals surface area contributed by atoms with Crippen LogP contribution in [0.1, 0.15) is 17.2 Å². The van der Waals surface area contributed by atoms with Crippen molar-refractivity contribution in [3.63, 3.8) is 0 Å². The molecule has 0 aromatic heterocycles. The highest BCUT2D eigenvalue weighted by molar-refractivity contribution is 5.81. The SMILES string of the molecule is NC(=O)C(NCC=Cc1ccccc1)c1ccccc1. The molecule has 0 fully saturated rings. The largest absolute Gasteiger partial charge is 0.368 e. The molecule has 20 heavy (non-hydrogen) atoms. The summed E-state index contributed by atoms with van der Waals surface area (Å²) in [6.45, 7) is 0.581. The molecule has 0 aliphatic rings. The van der Waals surface area contributed by atoms with Crippen LogP contribution in [-0.2, 0) is 4.79 Å². The Morgan fingerprint density at radius 2 is 1.65 bits per heavy atom. The molecule has 102 valence electrons. The second-order valence-corrected chi connectivity index (χ2v) is 4.47. The van der Waals surface area contributed by atoms with Crippen LogP contribution < -0.4 is 11.1 Å². The maximum Gasteiger partial charge on any atom is 0.239 e. The summed E-state index contributed by atoms with van der Waals surface area (Å²) in [5, 5.41) is 3.14. The summed E-state index contributed by atoms with van der Waals surface area (Å²) in [6.07, 6.45) is 3.99. The van der Waals surface area contributed by atoms with Crippen LogP contribution in [0.3, 0.4) is 0 Å². The molecule has 0 bridgehead atoms. The fourth-order valence-electron chi connectivity index (χ4n) is 1.97. The average Bonchev–Trinajstić information content (AvgIpc) is 2.49. The van der Waals surface area contributed by atoms with Crippen LogP contribution in [0.4, 0.5) is 0 Å². The lowest BCUT2D eigenvalue weighted by Crippen LogP contribution is -2.33. The molecule has 1 atom stereocenters. The number of benzene rings is 2. The Balaban J connectivity index is 1.94. The Kier molecular flexibility index (Phi) is 5.09. The molecule has 0 spiro atoms. The van der Waals surface area contributed by atoms with E-state index in [2.05, 4.69) is 5.32 Å². The van der Waals surface area contributed by atoms with E-state index in [0.29, 0.717) is 6.54 Å². The van der Waals surface area contributed by atoms with Gasteiger partial charge in [-0.1, -0.05) is 72.8 Å². The predicted molar refractivity (Wildman–Crippen MR) is 81.9 cm³/mol. The minimum Gasteiger partial charge on any atom is -0.368 e. The van der Waals surface area contributed by atoms with E-state index in [-0.39, 0.29) is 5.91 Å². The lowest BCUT2D eigenvalue weighted by Gasteiger charge is -2.14. The van der Waals surface area contributed by atoms with Gasteiger partial charge in [-0.05, 0) is 11.1 Å². The normalized spacial score (nSPS) is 12.4. The van der Waals surface area contributed by atoms with Crippen LogP contribution in [0, 0.1) is 0 Å². The van der Waals surface area contributed by atoms with Crippen molar-refractivity contribution in [3.8, 4) is 0 Å². The van der Waals surface area contributed by atoms with Crippen LogP contribution in [0.25, 0.3) is 6.08 Å². The molecule has 3 N–H and O–H groups in total. The van der Waals surface area contributed by atoms with Gasteiger partial charge in [0.2, 0.25) is 5.91 Å². The summed E-state index contributed by atoms with van der Waals surface area (Å²) in [5.74, 6) is -0.371. The number of carbonyl (C=O) groups is 1. The third-order valence-corrected chi connectivity index (χ3v) is 2.97. The third-order valence-electron chi connectivity index (χ3n) is 2.97. The zero-order valence-electron chi connectivity index (χ0n) is 11.2. The molecule has 0 radical (unpaired) electrons. The van der Waals surface area contributed by atoms with Crippen molar-refractivity contribution in [2.75, 3.05) is 6.54 Å². The highest BCUT2D eigenvalue weighted by atomic mass is 16.1. The van der Waals surface area contributed by atoms with Gasteiger partial charge in [-0.3, -0.25) is 10.1 Å². The Morgan fingerprint density at radius 3 is 2.25 bits per heavy atom. The molecule has 1 unspecified atom stereocenters. The van der Waals surface area contributed by atoms with Crippen molar-refractivity contribution >= 4 is 12.0 Å². The van der Waals surface area contributed by atoms with Gasteiger partial charge in [-0.2, -0.15) is 0 Å². The van der Waals surface area contributed by atoms with Crippen LogP contribution in [0.15, 0.2) is 66.7 Å². The lowest BCUT2D eigenvalue weighted by molar-refractivity contribution is -0.120. The first kappa shape index (κ1) is 14.0. The van der Waals surface area contributed by atoms with E-state index in [1.165, 1.54) is 0 Å². The molecule has 0 aliphatic heterocycles. The minimum absolute atomic E-state index is 0.371. The minimum atomic E-state index is -0.461. The van der Waals surface area contributed by atoms with E-state index in [0.717, 1.165) is 11.1 Å². The van der Waals surface area contributed by atoms with Crippen LogP contribution >= 0.6 is 0 Å². The number of amides is 1. The molecule has 0 heterocycles. The summed E-state index contributed by atoms with van der Waals surface area (Å²) in [7, 11) is 0. The zero-order valence-corrected chi connectivity index (χ0v) is 11.2. The first-order chi connectivity index (χ1) is 9.77. The molecule has 2 rings (SSSR count). The smallest absolute Gasteiger partial charge is 0.239 e. The topological polar surface area (TPSA) is 55.1 Å². The number of hydrogen-bond acceptors (Lipinski definition) is 2. The van der Waals surface area contributed by atoms with E-state index in [1.54, 1.807) is 0 Å². The predicted octanol–water partition coefficient (Wildman–Crippen LogP) is 2.52. The van der Waals surface area contributed by atoms with E-state index in [9.17, 15) is 4.79 Å². The van der Waals surface area contributed by atoms with Crippen molar-refractivity contribution in [1.29, 1.82) is 0 Å². The fourth-order valence-corrected chi connectivity index (χ4v) is 1.97. The maximum absolute atomic E-state index is 11.5. The molecule has 0 saturated carbocycles. The quantitative estimate of drug-likeness (QED) is 0.844. The molecule has 3 nitrogen and oxygen atoms in total. The van der Waals surface area contributed by atoms with Crippen molar-refractivity contribution < 1.29 is 4.79 Å². The van der Waals surface area contributed by atoms with Gasteiger partial charge < -0.3 is 5.73 Å². The number of rotatable bonds is 6. The monoisotopic (exact) mass is 266 g/mol. The van der Waals surface area contributed by atoms with Crippen LogP contribution in [0.2, 0.25) is 0 Å². The summed E-state index contributed by atoms with van der Waals surface area (Å²) in [4.78, 5) is 11.5. The van der Waals surface area contributed by atoms with Gasteiger partial charge in [0.1, 0.15) is 6.04 Å². The molecule has 1 amide bonds. The van der Waals surface area contributed by atoms with Gasteiger partial charge >= 0.3 is 0 Å². The van der Waals surface area contributed by atoms with Gasteiger partial charge in [0.15, 0.2) is 0 Å². The number of primary amides is 1. The molecular formula is C17H18N2O. The number of nitrogens with one attached hydrogen (secondary N) is 1. The van der Waals surface area contributed by atoms with E-state index >= 15 is 0 Å². The van der Waals surface area contributed by atoms with E-state index < -0.39 is 6.04 Å².